The lowest BCUT2D eigenvalue weighted by Crippen LogP contribution is -2.59. The number of fused-ring (bicyclic) bond motifs is 1. The van der Waals surface area contributed by atoms with Gasteiger partial charge in [0.2, 0.25) is 23.5 Å². The Morgan fingerprint density at radius 2 is 1.22 bits per heavy atom. The standard InChI is InChI=1S/C38H40N4O7/c1-24(39-34(45)30(21-25-13-6-4-7-14-25)40-32(43)22-26-15-8-5-9-16-26)33(44)36(47)41-31(35(46)42-38(2,3)37(48)49)23-28-19-12-18-27-17-10-11-20-29(27)28/h4-20,24,30-31H,21-23H2,1-3H3,(H,39,45)(H,40,43)(H,41,47)(H,42,46)(H,48,49)/t24?,30-,31-/m0/s1. The van der Waals surface area contributed by atoms with E-state index in [1.54, 1.807) is 60.7 Å². The second-order valence-corrected chi connectivity index (χ2v) is 12.4. The number of Topliss-reactive ketones (excluding diaryl/α,β-unsaturated/α-hetero) is 1. The minimum Gasteiger partial charge on any atom is -0.480 e. The second-order valence-electron chi connectivity index (χ2n) is 12.4. The number of carboxylic acid groups (broad SMARTS) is 1. The fourth-order valence-corrected chi connectivity index (χ4v) is 5.24. The SMILES string of the molecule is CC(NC(=O)[C@H](Cc1ccccc1)NC(=O)Cc1ccccc1)C(=O)C(=O)N[C@@H](Cc1cccc2ccccc12)C(=O)NC(C)(C)C(=O)O. The highest BCUT2D eigenvalue weighted by Crippen LogP contribution is 2.20. The summed E-state index contributed by atoms with van der Waals surface area (Å²) in [6, 6.07) is 27.3. The molecule has 0 fully saturated rings. The van der Waals surface area contributed by atoms with Gasteiger partial charge in [0.1, 0.15) is 17.6 Å². The number of rotatable bonds is 15. The van der Waals surface area contributed by atoms with Crippen molar-refractivity contribution in [3.05, 3.63) is 120 Å². The third-order valence-electron chi connectivity index (χ3n) is 8.01. The van der Waals surface area contributed by atoms with E-state index in [2.05, 4.69) is 21.3 Å². The van der Waals surface area contributed by atoms with Crippen LogP contribution in [0.15, 0.2) is 103 Å². The summed E-state index contributed by atoms with van der Waals surface area (Å²) < 4.78 is 0. The molecule has 0 aliphatic rings. The lowest BCUT2D eigenvalue weighted by atomic mass is 9.97. The molecule has 4 aromatic rings. The van der Waals surface area contributed by atoms with Gasteiger partial charge in [-0.3, -0.25) is 24.0 Å². The van der Waals surface area contributed by atoms with Gasteiger partial charge in [-0.25, -0.2) is 4.79 Å². The van der Waals surface area contributed by atoms with Gasteiger partial charge in [-0.1, -0.05) is 103 Å². The van der Waals surface area contributed by atoms with Crippen LogP contribution in [0, 0.1) is 0 Å². The number of hydrogen-bond acceptors (Lipinski definition) is 6. The number of carbonyl (C=O) groups is 6. The zero-order chi connectivity index (χ0) is 35.6. The van der Waals surface area contributed by atoms with E-state index in [9.17, 15) is 33.9 Å². The zero-order valence-electron chi connectivity index (χ0n) is 27.6. The largest absolute Gasteiger partial charge is 0.480 e. The van der Waals surface area contributed by atoms with Crippen LogP contribution in [0.2, 0.25) is 0 Å². The van der Waals surface area contributed by atoms with Crippen LogP contribution in [0.1, 0.15) is 37.5 Å². The molecule has 0 spiro atoms. The van der Waals surface area contributed by atoms with Crippen LogP contribution in [0.3, 0.4) is 0 Å². The molecule has 11 heteroatoms. The van der Waals surface area contributed by atoms with E-state index in [0.717, 1.165) is 21.9 Å². The molecule has 4 amide bonds. The number of benzene rings is 4. The molecule has 4 aromatic carbocycles. The molecule has 5 N–H and O–H groups in total. The highest BCUT2D eigenvalue weighted by Gasteiger charge is 2.35. The number of ketones is 1. The van der Waals surface area contributed by atoms with Crippen molar-refractivity contribution < 1.29 is 33.9 Å². The molecule has 0 radical (unpaired) electrons. The Kier molecular flexibility index (Phi) is 12.0. The molecule has 3 atom stereocenters. The van der Waals surface area contributed by atoms with Crippen LogP contribution in [-0.2, 0) is 48.0 Å². The van der Waals surface area contributed by atoms with Gasteiger partial charge in [0, 0.05) is 12.8 Å². The van der Waals surface area contributed by atoms with E-state index >= 15 is 0 Å². The van der Waals surface area contributed by atoms with Crippen LogP contribution in [0.25, 0.3) is 10.8 Å². The van der Waals surface area contributed by atoms with E-state index in [-0.39, 0.29) is 19.3 Å². The maximum Gasteiger partial charge on any atom is 0.328 e. The first-order chi connectivity index (χ1) is 23.3. The summed E-state index contributed by atoms with van der Waals surface area (Å²) in [7, 11) is 0. The van der Waals surface area contributed by atoms with E-state index in [1.165, 1.54) is 20.8 Å². The third kappa shape index (κ3) is 10.1. The summed E-state index contributed by atoms with van der Waals surface area (Å²) in [6.07, 6.45) is 0.122. The van der Waals surface area contributed by atoms with E-state index in [0.29, 0.717) is 5.56 Å². The number of amides is 4. The minimum atomic E-state index is -1.66. The van der Waals surface area contributed by atoms with Crippen LogP contribution in [-0.4, -0.2) is 64.2 Å². The van der Waals surface area contributed by atoms with Gasteiger partial charge in [0.05, 0.1) is 12.5 Å². The molecule has 0 aromatic heterocycles. The minimum absolute atomic E-state index is 0.0368. The Balaban J connectivity index is 1.49. The van der Waals surface area contributed by atoms with E-state index < -0.39 is 59.0 Å². The number of carbonyl (C=O) groups excluding carboxylic acids is 5. The second kappa shape index (κ2) is 16.3. The predicted molar refractivity (Wildman–Crippen MR) is 184 cm³/mol. The maximum atomic E-state index is 13.5. The van der Waals surface area contributed by atoms with Crippen molar-refractivity contribution in [2.75, 3.05) is 0 Å². The van der Waals surface area contributed by atoms with Crippen molar-refractivity contribution in [1.82, 2.24) is 21.3 Å². The van der Waals surface area contributed by atoms with E-state index in [1.807, 2.05) is 42.5 Å². The molecule has 1 unspecified atom stereocenters. The van der Waals surface area contributed by atoms with Crippen molar-refractivity contribution in [1.29, 1.82) is 0 Å². The highest BCUT2D eigenvalue weighted by atomic mass is 16.4. The summed E-state index contributed by atoms with van der Waals surface area (Å²) in [4.78, 5) is 78.1. The van der Waals surface area contributed by atoms with Gasteiger partial charge < -0.3 is 26.4 Å². The normalized spacial score (nSPS) is 13.0. The highest BCUT2D eigenvalue weighted by molar-refractivity contribution is 6.38. The summed E-state index contributed by atoms with van der Waals surface area (Å²) in [5.41, 5.74) is 0.553. The first-order valence-electron chi connectivity index (χ1n) is 15.9. The fourth-order valence-electron chi connectivity index (χ4n) is 5.24. The van der Waals surface area contributed by atoms with Crippen molar-refractivity contribution in [3.8, 4) is 0 Å². The van der Waals surface area contributed by atoms with Crippen molar-refractivity contribution in [2.24, 2.45) is 0 Å². The smallest absolute Gasteiger partial charge is 0.328 e. The van der Waals surface area contributed by atoms with E-state index in [4.69, 9.17) is 0 Å². The first kappa shape index (κ1) is 36.0. The Bertz CT molecular complexity index is 1820. The molecule has 0 aliphatic carbocycles. The number of carboxylic acids is 1. The van der Waals surface area contributed by atoms with Gasteiger partial charge in [0.25, 0.3) is 5.91 Å². The molecule has 0 saturated heterocycles. The first-order valence-corrected chi connectivity index (χ1v) is 15.9. The van der Waals surface area contributed by atoms with Crippen molar-refractivity contribution in [2.45, 2.75) is 63.7 Å². The lowest BCUT2D eigenvalue weighted by Gasteiger charge is -2.26. The summed E-state index contributed by atoms with van der Waals surface area (Å²) in [5.74, 6) is -5.34. The Morgan fingerprint density at radius 3 is 1.88 bits per heavy atom. The summed E-state index contributed by atoms with van der Waals surface area (Å²) in [6.45, 7) is 3.94. The fraction of sp³-hybridized carbons (Fsp3) is 0.263. The molecular formula is C38H40N4O7. The number of hydrogen-bond donors (Lipinski definition) is 5. The average Bonchev–Trinajstić information content (AvgIpc) is 3.08. The van der Waals surface area contributed by atoms with Crippen molar-refractivity contribution >= 4 is 46.2 Å². The topological polar surface area (TPSA) is 171 Å². The summed E-state index contributed by atoms with van der Waals surface area (Å²) in [5, 5.41) is 21.5. The summed E-state index contributed by atoms with van der Waals surface area (Å²) >= 11 is 0. The molecule has 11 nitrogen and oxygen atoms in total. The van der Waals surface area contributed by atoms with Crippen LogP contribution in [0.4, 0.5) is 0 Å². The Morgan fingerprint density at radius 1 is 0.653 bits per heavy atom. The molecule has 0 aliphatic heterocycles. The van der Waals surface area contributed by atoms with Crippen LogP contribution >= 0.6 is 0 Å². The Labute approximate surface area is 284 Å². The van der Waals surface area contributed by atoms with Gasteiger partial charge >= 0.3 is 5.97 Å². The maximum absolute atomic E-state index is 13.5. The Hall–Kier alpha value is -5.84. The monoisotopic (exact) mass is 664 g/mol. The van der Waals surface area contributed by atoms with Crippen molar-refractivity contribution in [3.63, 3.8) is 0 Å². The molecule has 254 valence electrons. The van der Waals surface area contributed by atoms with Gasteiger partial charge in [0.15, 0.2) is 0 Å². The number of nitrogens with one attached hydrogen (secondary N) is 4. The van der Waals surface area contributed by atoms with Gasteiger partial charge in [-0.15, -0.1) is 0 Å². The van der Waals surface area contributed by atoms with Gasteiger partial charge in [-0.05, 0) is 48.2 Å². The van der Waals surface area contributed by atoms with Crippen LogP contribution < -0.4 is 21.3 Å². The molecule has 4 rings (SSSR count). The lowest BCUT2D eigenvalue weighted by molar-refractivity contribution is -0.146. The zero-order valence-corrected chi connectivity index (χ0v) is 27.6. The molecule has 49 heavy (non-hydrogen) atoms. The van der Waals surface area contributed by atoms with Gasteiger partial charge in [-0.2, -0.15) is 0 Å². The average molecular weight is 665 g/mol. The molecule has 0 heterocycles. The quantitative estimate of drug-likeness (QED) is 0.122. The van der Waals surface area contributed by atoms with Crippen LogP contribution in [0.5, 0.6) is 0 Å². The molecule has 0 saturated carbocycles. The number of aliphatic carboxylic acids is 1. The third-order valence-corrected chi connectivity index (χ3v) is 8.01. The molecule has 0 bridgehead atoms. The molecular weight excluding hydrogens is 624 g/mol. The predicted octanol–water partition coefficient (Wildman–Crippen LogP) is 2.89.